The average Bonchev–Trinajstić information content (AvgIpc) is 2.70. The van der Waals surface area contributed by atoms with E-state index in [0.717, 1.165) is 31.8 Å². The minimum absolute atomic E-state index is 0.120. The molecule has 1 atom stereocenters. The van der Waals surface area contributed by atoms with E-state index >= 15 is 0 Å². The fraction of sp³-hybridized carbons (Fsp3) is 0.846. The molecular weight excluding hydrogens is 230 g/mol. The van der Waals surface area contributed by atoms with Gasteiger partial charge in [0.25, 0.3) is 5.91 Å². The summed E-state index contributed by atoms with van der Waals surface area (Å²) in [5.74, 6) is 0.914. The van der Waals surface area contributed by atoms with Gasteiger partial charge >= 0.3 is 0 Å². The van der Waals surface area contributed by atoms with Crippen molar-refractivity contribution in [1.82, 2.24) is 10.3 Å². The number of likely N-dealkylation sites (tertiary alicyclic amines) is 1. The Bertz CT molecular complexity index is 376. The van der Waals surface area contributed by atoms with Crippen molar-refractivity contribution in [1.29, 1.82) is 0 Å². The fourth-order valence-corrected chi connectivity index (χ4v) is 3.33. The highest BCUT2D eigenvalue weighted by Gasteiger charge is 2.43. The molecule has 5 nitrogen and oxygen atoms in total. The molecule has 0 aromatic carbocycles. The standard InChI is InChI=1S/C13H21N3O2/c1-18-10-3-4-11(14-15-12(10)17)16-8-7-13(9-16)5-2-6-13/h10H,2-9H2,1H3,(H,15,17). The molecule has 1 aliphatic carbocycles. The van der Waals surface area contributed by atoms with Crippen LogP contribution in [0, 0.1) is 5.41 Å². The number of rotatable bonds is 1. The van der Waals surface area contributed by atoms with Crippen LogP contribution in [0.4, 0.5) is 0 Å². The zero-order valence-corrected chi connectivity index (χ0v) is 10.9. The second-order valence-electron chi connectivity index (χ2n) is 5.79. The highest BCUT2D eigenvalue weighted by Crippen LogP contribution is 2.48. The predicted octanol–water partition coefficient (Wildman–Crippen LogP) is 1.10. The smallest absolute Gasteiger partial charge is 0.269 e. The van der Waals surface area contributed by atoms with Crippen molar-refractivity contribution in [2.45, 2.75) is 44.6 Å². The molecule has 5 heteroatoms. The van der Waals surface area contributed by atoms with E-state index in [1.807, 2.05) is 0 Å². The Morgan fingerprint density at radius 1 is 1.44 bits per heavy atom. The summed E-state index contributed by atoms with van der Waals surface area (Å²) in [5, 5.41) is 4.27. The van der Waals surface area contributed by atoms with E-state index in [1.54, 1.807) is 7.11 Å². The molecule has 0 aromatic heterocycles. The number of carbonyl (C=O) groups is 1. The molecule has 3 rings (SSSR count). The minimum atomic E-state index is -0.355. The number of amidine groups is 1. The van der Waals surface area contributed by atoms with Gasteiger partial charge in [0.05, 0.1) is 0 Å². The van der Waals surface area contributed by atoms with E-state index in [2.05, 4.69) is 15.4 Å². The lowest BCUT2D eigenvalue weighted by Crippen LogP contribution is -2.36. The first-order chi connectivity index (χ1) is 8.72. The second-order valence-corrected chi connectivity index (χ2v) is 5.79. The van der Waals surface area contributed by atoms with Gasteiger partial charge in [0.2, 0.25) is 0 Å². The van der Waals surface area contributed by atoms with E-state index in [4.69, 9.17) is 4.74 Å². The first-order valence-electron chi connectivity index (χ1n) is 6.87. The summed E-state index contributed by atoms with van der Waals surface area (Å²) >= 11 is 0. The van der Waals surface area contributed by atoms with Crippen LogP contribution in [0.15, 0.2) is 5.10 Å². The number of nitrogens with one attached hydrogen (secondary N) is 1. The van der Waals surface area contributed by atoms with Crippen molar-refractivity contribution in [3.05, 3.63) is 0 Å². The number of amides is 1. The quantitative estimate of drug-likeness (QED) is 0.759. The molecule has 1 saturated heterocycles. The maximum atomic E-state index is 11.6. The summed E-state index contributed by atoms with van der Waals surface area (Å²) in [6, 6.07) is 0. The third-order valence-electron chi connectivity index (χ3n) is 4.72. The molecule has 1 N–H and O–H groups in total. The van der Waals surface area contributed by atoms with Crippen LogP contribution in [0.5, 0.6) is 0 Å². The van der Waals surface area contributed by atoms with Crippen LogP contribution in [-0.4, -0.2) is 42.9 Å². The van der Waals surface area contributed by atoms with E-state index in [-0.39, 0.29) is 12.0 Å². The number of hydrogen-bond donors (Lipinski definition) is 1. The summed E-state index contributed by atoms with van der Waals surface area (Å²) in [6.07, 6.45) is 6.59. The molecule has 100 valence electrons. The van der Waals surface area contributed by atoms with Gasteiger partial charge in [-0.15, -0.1) is 0 Å². The molecule has 2 fully saturated rings. The fourth-order valence-electron chi connectivity index (χ4n) is 3.33. The van der Waals surface area contributed by atoms with E-state index in [1.165, 1.54) is 25.7 Å². The largest absolute Gasteiger partial charge is 0.372 e. The summed E-state index contributed by atoms with van der Waals surface area (Å²) in [6.45, 7) is 2.21. The molecule has 1 saturated carbocycles. The summed E-state index contributed by atoms with van der Waals surface area (Å²) < 4.78 is 5.16. The normalized spacial score (nSPS) is 30.7. The predicted molar refractivity (Wildman–Crippen MR) is 68.1 cm³/mol. The monoisotopic (exact) mass is 251 g/mol. The third kappa shape index (κ3) is 2.00. The Morgan fingerprint density at radius 2 is 2.28 bits per heavy atom. The zero-order valence-electron chi connectivity index (χ0n) is 10.9. The highest BCUT2D eigenvalue weighted by atomic mass is 16.5. The van der Waals surface area contributed by atoms with Gasteiger partial charge in [0, 0.05) is 26.6 Å². The van der Waals surface area contributed by atoms with Crippen molar-refractivity contribution in [3.63, 3.8) is 0 Å². The lowest BCUT2D eigenvalue weighted by Gasteiger charge is -2.38. The van der Waals surface area contributed by atoms with Gasteiger partial charge in [-0.3, -0.25) is 4.79 Å². The van der Waals surface area contributed by atoms with E-state index < -0.39 is 0 Å². The Labute approximate surface area is 108 Å². The summed E-state index contributed by atoms with van der Waals surface area (Å²) in [5.41, 5.74) is 3.19. The molecule has 2 heterocycles. The van der Waals surface area contributed by atoms with Gasteiger partial charge in [-0.1, -0.05) is 6.42 Å². The van der Waals surface area contributed by atoms with Crippen LogP contribution >= 0.6 is 0 Å². The van der Waals surface area contributed by atoms with Crippen molar-refractivity contribution in [2.75, 3.05) is 20.2 Å². The molecule has 0 aromatic rings. The maximum absolute atomic E-state index is 11.6. The maximum Gasteiger partial charge on any atom is 0.269 e. The Hall–Kier alpha value is -1.10. The van der Waals surface area contributed by atoms with Crippen LogP contribution in [0.3, 0.4) is 0 Å². The van der Waals surface area contributed by atoms with Crippen molar-refractivity contribution >= 4 is 11.7 Å². The van der Waals surface area contributed by atoms with Crippen LogP contribution < -0.4 is 5.43 Å². The number of methoxy groups -OCH3 is 1. The van der Waals surface area contributed by atoms with E-state index in [9.17, 15) is 4.79 Å². The number of ether oxygens (including phenoxy) is 1. The molecule has 0 radical (unpaired) electrons. The number of nitrogens with zero attached hydrogens (tertiary/aromatic N) is 2. The van der Waals surface area contributed by atoms with Crippen molar-refractivity contribution in [2.24, 2.45) is 10.5 Å². The summed E-state index contributed by atoms with van der Waals surface area (Å²) in [4.78, 5) is 14.0. The minimum Gasteiger partial charge on any atom is -0.372 e. The number of hydrazone groups is 1. The average molecular weight is 251 g/mol. The zero-order chi connectivity index (χ0) is 12.6. The Morgan fingerprint density at radius 3 is 2.89 bits per heavy atom. The lowest BCUT2D eigenvalue weighted by molar-refractivity contribution is -0.131. The molecule has 2 aliphatic heterocycles. The third-order valence-corrected chi connectivity index (χ3v) is 4.72. The van der Waals surface area contributed by atoms with Crippen LogP contribution in [0.2, 0.25) is 0 Å². The topological polar surface area (TPSA) is 53.9 Å². The van der Waals surface area contributed by atoms with Crippen molar-refractivity contribution < 1.29 is 9.53 Å². The van der Waals surface area contributed by atoms with Crippen molar-refractivity contribution in [3.8, 4) is 0 Å². The Kier molecular flexibility index (Phi) is 3.01. The molecule has 0 bridgehead atoms. The first-order valence-corrected chi connectivity index (χ1v) is 6.87. The van der Waals surface area contributed by atoms with Gasteiger partial charge in [-0.05, 0) is 31.1 Å². The number of hydrogen-bond acceptors (Lipinski definition) is 4. The van der Waals surface area contributed by atoms with Crippen LogP contribution in [0.25, 0.3) is 0 Å². The Balaban J connectivity index is 1.64. The second kappa shape index (κ2) is 4.53. The molecule has 1 amide bonds. The SMILES string of the molecule is COC1CCC(N2CCC3(CCC3)C2)=NNC1=O. The summed E-state index contributed by atoms with van der Waals surface area (Å²) in [7, 11) is 1.58. The van der Waals surface area contributed by atoms with Gasteiger partial charge in [-0.2, -0.15) is 5.10 Å². The van der Waals surface area contributed by atoms with E-state index in [0.29, 0.717) is 5.41 Å². The lowest BCUT2D eigenvalue weighted by atomic mass is 9.68. The van der Waals surface area contributed by atoms with Gasteiger partial charge in [0.15, 0.2) is 0 Å². The molecular formula is C13H21N3O2. The highest BCUT2D eigenvalue weighted by molar-refractivity contribution is 5.89. The molecule has 1 spiro atoms. The van der Waals surface area contributed by atoms with Gasteiger partial charge in [-0.25, -0.2) is 5.43 Å². The molecule has 18 heavy (non-hydrogen) atoms. The van der Waals surface area contributed by atoms with Crippen LogP contribution in [0.1, 0.15) is 38.5 Å². The van der Waals surface area contributed by atoms with Gasteiger partial charge in [0.1, 0.15) is 11.9 Å². The van der Waals surface area contributed by atoms with Crippen LogP contribution in [-0.2, 0) is 9.53 Å². The molecule has 1 unspecified atom stereocenters. The first kappa shape index (κ1) is 12.0. The number of carbonyl (C=O) groups excluding carboxylic acids is 1. The molecule has 3 aliphatic rings. The van der Waals surface area contributed by atoms with Gasteiger partial charge < -0.3 is 9.64 Å².